The molecule has 0 bridgehead atoms. The third-order valence-electron chi connectivity index (χ3n) is 3.50. The van der Waals surface area contributed by atoms with Crippen LogP contribution in [0.4, 0.5) is 5.95 Å². The molecule has 1 aromatic rings. The summed E-state index contributed by atoms with van der Waals surface area (Å²) in [5, 5.41) is 3.40. The van der Waals surface area contributed by atoms with Crippen LogP contribution >= 0.6 is 0 Å². The average molecular weight is 221 g/mol. The molecule has 0 aromatic carbocycles. The van der Waals surface area contributed by atoms with Gasteiger partial charge < -0.3 is 9.88 Å². The Bertz CT molecular complexity index is 335. The van der Waals surface area contributed by atoms with Crippen LogP contribution in [-0.2, 0) is 6.54 Å². The van der Waals surface area contributed by atoms with Gasteiger partial charge in [-0.2, -0.15) is 0 Å². The Labute approximate surface area is 98.3 Å². The zero-order chi connectivity index (χ0) is 11.6. The standard InChI is InChI=1S/C13H23N3/c1-11(2)15-12-14-8-9-16(12)10-13(3)6-4-5-7-13/h8-9,11H,4-7,10H2,1-3H3,(H,14,15). The van der Waals surface area contributed by atoms with E-state index >= 15 is 0 Å². The molecule has 1 heterocycles. The number of hydrogen-bond acceptors (Lipinski definition) is 2. The SMILES string of the molecule is CC(C)Nc1nccn1CC1(C)CCCC1. The summed E-state index contributed by atoms with van der Waals surface area (Å²) in [7, 11) is 0. The van der Waals surface area contributed by atoms with Crippen molar-refractivity contribution in [1.29, 1.82) is 0 Å². The van der Waals surface area contributed by atoms with E-state index in [1.54, 1.807) is 0 Å². The highest BCUT2D eigenvalue weighted by Crippen LogP contribution is 2.39. The lowest BCUT2D eigenvalue weighted by atomic mass is 9.89. The van der Waals surface area contributed by atoms with E-state index in [2.05, 4.69) is 41.8 Å². The highest BCUT2D eigenvalue weighted by Gasteiger charge is 2.29. The maximum Gasteiger partial charge on any atom is 0.202 e. The molecule has 0 radical (unpaired) electrons. The summed E-state index contributed by atoms with van der Waals surface area (Å²) < 4.78 is 2.27. The summed E-state index contributed by atoms with van der Waals surface area (Å²) in [5.41, 5.74) is 0.480. The summed E-state index contributed by atoms with van der Waals surface area (Å²) >= 11 is 0. The van der Waals surface area contributed by atoms with E-state index in [1.165, 1.54) is 25.7 Å². The summed E-state index contributed by atoms with van der Waals surface area (Å²) in [6.45, 7) is 7.80. The quantitative estimate of drug-likeness (QED) is 0.845. The lowest BCUT2D eigenvalue weighted by Crippen LogP contribution is -2.22. The molecule has 1 aliphatic rings. The summed E-state index contributed by atoms with van der Waals surface area (Å²) in [6, 6.07) is 0.442. The van der Waals surface area contributed by atoms with Gasteiger partial charge in [0, 0.05) is 25.0 Å². The monoisotopic (exact) mass is 221 g/mol. The first-order chi connectivity index (χ1) is 7.59. The van der Waals surface area contributed by atoms with Gasteiger partial charge in [-0.05, 0) is 32.1 Å². The Morgan fingerprint density at radius 1 is 1.44 bits per heavy atom. The molecule has 0 saturated heterocycles. The van der Waals surface area contributed by atoms with Crippen LogP contribution in [0, 0.1) is 5.41 Å². The number of rotatable bonds is 4. The summed E-state index contributed by atoms with van der Waals surface area (Å²) in [4.78, 5) is 4.38. The van der Waals surface area contributed by atoms with Crippen LogP contribution in [0.2, 0.25) is 0 Å². The maximum absolute atomic E-state index is 4.38. The van der Waals surface area contributed by atoms with E-state index in [9.17, 15) is 0 Å². The molecular formula is C13H23N3. The largest absolute Gasteiger partial charge is 0.353 e. The van der Waals surface area contributed by atoms with Gasteiger partial charge >= 0.3 is 0 Å². The van der Waals surface area contributed by atoms with Crippen LogP contribution in [0.1, 0.15) is 46.5 Å². The Hall–Kier alpha value is -0.990. The number of imidazole rings is 1. The third-order valence-corrected chi connectivity index (χ3v) is 3.50. The molecule has 0 amide bonds. The topological polar surface area (TPSA) is 29.9 Å². The van der Waals surface area contributed by atoms with E-state index in [1.807, 2.05) is 6.20 Å². The van der Waals surface area contributed by atoms with Crippen molar-refractivity contribution >= 4 is 5.95 Å². The van der Waals surface area contributed by atoms with E-state index in [4.69, 9.17) is 0 Å². The molecule has 1 saturated carbocycles. The normalized spacial score (nSPS) is 19.2. The Balaban J connectivity index is 2.06. The fourth-order valence-corrected chi connectivity index (χ4v) is 2.63. The second-order valence-electron chi connectivity index (χ2n) is 5.70. The molecule has 16 heavy (non-hydrogen) atoms. The van der Waals surface area contributed by atoms with Crippen LogP contribution in [-0.4, -0.2) is 15.6 Å². The minimum absolute atomic E-state index is 0.442. The molecule has 0 atom stereocenters. The van der Waals surface area contributed by atoms with Crippen molar-refractivity contribution < 1.29 is 0 Å². The number of hydrogen-bond donors (Lipinski definition) is 1. The molecule has 1 aliphatic carbocycles. The molecule has 0 aliphatic heterocycles. The first-order valence-corrected chi connectivity index (χ1v) is 6.37. The molecule has 0 spiro atoms. The van der Waals surface area contributed by atoms with Crippen LogP contribution in [0.15, 0.2) is 12.4 Å². The molecule has 2 rings (SSSR count). The van der Waals surface area contributed by atoms with Gasteiger partial charge in [0.2, 0.25) is 5.95 Å². The van der Waals surface area contributed by atoms with E-state index in [0.29, 0.717) is 11.5 Å². The van der Waals surface area contributed by atoms with Gasteiger partial charge in [-0.3, -0.25) is 0 Å². The summed E-state index contributed by atoms with van der Waals surface area (Å²) in [6.07, 6.45) is 9.46. The van der Waals surface area contributed by atoms with E-state index in [0.717, 1.165) is 12.5 Å². The van der Waals surface area contributed by atoms with Crippen molar-refractivity contribution in [2.24, 2.45) is 5.41 Å². The van der Waals surface area contributed by atoms with E-state index < -0.39 is 0 Å². The van der Waals surface area contributed by atoms with Gasteiger partial charge in [-0.15, -0.1) is 0 Å². The first-order valence-electron chi connectivity index (χ1n) is 6.37. The average Bonchev–Trinajstić information content (AvgIpc) is 2.77. The van der Waals surface area contributed by atoms with Crippen molar-refractivity contribution in [2.75, 3.05) is 5.32 Å². The number of aromatic nitrogens is 2. The van der Waals surface area contributed by atoms with Crippen molar-refractivity contribution in [3.05, 3.63) is 12.4 Å². The Kier molecular flexibility index (Phi) is 3.22. The van der Waals surface area contributed by atoms with Crippen LogP contribution < -0.4 is 5.32 Å². The molecular weight excluding hydrogens is 198 g/mol. The van der Waals surface area contributed by atoms with Gasteiger partial charge in [-0.1, -0.05) is 19.8 Å². The van der Waals surface area contributed by atoms with Crippen molar-refractivity contribution in [1.82, 2.24) is 9.55 Å². The Morgan fingerprint density at radius 2 is 2.12 bits per heavy atom. The maximum atomic E-state index is 4.38. The summed E-state index contributed by atoms with van der Waals surface area (Å²) in [5.74, 6) is 1.02. The number of nitrogens with zero attached hydrogens (tertiary/aromatic N) is 2. The Morgan fingerprint density at radius 3 is 2.75 bits per heavy atom. The predicted molar refractivity (Wildman–Crippen MR) is 67.6 cm³/mol. The zero-order valence-electron chi connectivity index (χ0n) is 10.7. The van der Waals surface area contributed by atoms with Gasteiger partial charge in [-0.25, -0.2) is 4.98 Å². The lowest BCUT2D eigenvalue weighted by molar-refractivity contribution is 0.283. The number of nitrogens with one attached hydrogen (secondary N) is 1. The van der Waals surface area contributed by atoms with Gasteiger partial charge in [0.05, 0.1) is 0 Å². The predicted octanol–water partition coefficient (Wildman–Crippen LogP) is 3.28. The second-order valence-corrected chi connectivity index (χ2v) is 5.70. The fourth-order valence-electron chi connectivity index (χ4n) is 2.63. The van der Waals surface area contributed by atoms with Gasteiger partial charge in [0.25, 0.3) is 0 Å². The van der Waals surface area contributed by atoms with Crippen LogP contribution in [0.3, 0.4) is 0 Å². The van der Waals surface area contributed by atoms with Crippen molar-refractivity contribution in [3.8, 4) is 0 Å². The highest BCUT2D eigenvalue weighted by atomic mass is 15.2. The second kappa shape index (κ2) is 4.48. The van der Waals surface area contributed by atoms with Gasteiger partial charge in [0.15, 0.2) is 0 Å². The van der Waals surface area contributed by atoms with Crippen LogP contribution in [0.25, 0.3) is 0 Å². The molecule has 1 N–H and O–H groups in total. The first kappa shape index (κ1) is 11.5. The van der Waals surface area contributed by atoms with Crippen molar-refractivity contribution in [2.45, 2.75) is 59.0 Å². The third kappa shape index (κ3) is 2.57. The molecule has 1 fully saturated rings. The van der Waals surface area contributed by atoms with E-state index in [-0.39, 0.29) is 0 Å². The molecule has 1 aromatic heterocycles. The van der Waals surface area contributed by atoms with Crippen LogP contribution in [0.5, 0.6) is 0 Å². The molecule has 3 heteroatoms. The van der Waals surface area contributed by atoms with Crippen molar-refractivity contribution in [3.63, 3.8) is 0 Å². The smallest absolute Gasteiger partial charge is 0.202 e. The molecule has 0 unspecified atom stereocenters. The zero-order valence-corrected chi connectivity index (χ0v) is 10.7. The minimum atomic E-state index is 0.442. The number of anilines is 1. The molecule has 90 valence electrons. The lowest BCUT2D eigenvalue weighted by Gasteiger charge is -2.25. The minimum Gasteiger partial charge on any atom is -0.353 e. The molecule has 3 nitrogen and oxygen atoms in total. The highest BCUT2D eigenvalue weighted by molar-refractivity contribution is 5.27. The van der Waals surface area contributed by atoms with Gasteiger partial charge in [0.1, 0.15) is 0 Å². The fraction of sp³-hybridized carbons (Fsp3) is 0.769.